The average Bonchev–Trinajstić information content (AvgIpc) is 2.26. The van der Waals surface area contributed by atoms with Crippen molar-refractivity contribution in [3.8, 4) is 0 Å². The summed E-state index contributed by atoms with van der Waals surface area (Å²) in [6.45, 7) is 0.274. The van der Waals surface area contributed by atoms with Gasteiger partial charge in [0, 0.05) is 13.0 Å². The Labute approximate surface area is 84.0 Å². The van der Waals surface area contributed by atoms with E-state index in [0.29, 0.717) is 6.61 Å². The molecule has 2 unspecified atom stereocenters. The number of methoxy groups -OCH3 is 1. The molecule has 0 spiro atoms. The second-order valence-electron chi connectivity index (χ2n) is 3.25. The monoisotopic (exact) mass is 196 g/mol. The second kappa shape index (κ2) is 5.75. The number of aliphatic hydroxyl groups is 2. The Morgan fingerprint density at radius 1 is 1.29 bits per heavy atom. The third-order valence-corrected chi connectivity index (χ3v) is 2.20. The molecule has 0 aromatic heterocycles. The smallest absolute Gasteiger partial charge is 0.0862 e. The molecule has 0 fully saturated rings. The van der Waals surface area contributed by atoms with Crippen molar-refractivity contribution in [3.63, 3.8) is 0 Å². The van der Waals surface area contributed by atoms with E-state index in [1.165, 1.54) is 0 Å². The summed E-state index contributed by atoms with van der Waals surface area (Å²) < 4.78 is 4.92. The minimum absolute atomic E-state index is 0.0795. The predicted molar refractivity (Wildman–Crippen MR) is 53.9 cm³/mol. The van der Waals surface area contributed by atoms with Crippen LogP contribution >= 0.6 is 0 Å². The predicted octanol–water partition coefficient (Wildman–Crippen LogP) is 0.975. The average molecular weight is 196 g/mol. The van der Waals surface area contributed by atoms with Crippen LogP contribution in [0.15, 0.2) is 30.3 Å². The van der Waals surface area contributed by atoms with Crippen LogP contribution < -0.4 is 0 Å². The van der Waals surface area contributed by atoms with E-state index in [9.17, 15) is 5.11 Å². The van der Waals surface area contributed by atoms with Crippen molar-refractivity contribution in [3.05, 3.63) is 35.9 Å². The van der Waals surface area contributed by atoms with E-state index < -0.39 is 6.10 Å². The Morgan fingerprint density at radius 2 is 1.93 bits per heavy atom. The molecule has 3 nitrogen and oxygen atoms in total. The maximum atomic E-state index is 9.87. The molecule has 0 aliphatic rings. The molecular weight excluding hydrogens is 180 g/mol. The molecule has 78 valence electrons. The lowest BCUT2D eigenvalue weighted by molar-refractivity contribution is 0.0158. The van der Waals surface area contributed by atoms with Gasteiger partial charge in [-0.3, -0.25) is 0 Å². The van der Waals surface area contributed by atoms with E-state index in [-0.39, 0.29) is 12.5 Å². The van der Waals surface area contributed by atoms with Crippen LogP contribution in [0.5, 0.6) is 0 Å². The van der Waals surface area contributed by atoms with Gasteiger partial charge in [0.15, 0.2) is 0 Å². The largest absolute Gasteiger partial charge is 0.396 e. The topological polar surface area (TPSA) is 49.7 Å². The zero-order valence-electron chi connectivity index (χ0n) is 8.26. The van der Waals surface area contributed by atoms with Crippen LogP contribution in [-0.4, -0.2) is 30.5 Å². The van der Waals surface area contributed by atoms with Crippen molar-refractivity contribution in [2.24, 2.45) is 5.92 Å². The Balaban J connectivity index is 2.67. The molecule has 0 bridgehead atoms. The molecule has 1 aromatic carbocycles. The van der Waals surface area contributed by atoms with Crippen molar-refractivity contribution < 1.29 is 14.9 Å². The molecule has 2 atom stereocenters. The molecule has 0 amide bonds. The Morgan fingerprint density at radius 3 is 2.43 bits per heavy atom. The standard InChI is InChI=1S/C11H16O3/c1-14-8-10(7-12)11(13)9-5-3-2-4-6-9/h2-6,10-13H,7-8H2,1H3. The molecule has 14 heavy (non-hydrogen) atoms. The zero-order valence-corrected chi connectivity index (χ0v) is 8.26. The normalized spacial score (nSPS) is 15.1. The van der Waals surface area contributed by atoms with E-state index >= 15 is 0 Å². The van der Waals surface area contributed by atoms with E-state index in [1.807, 2.05) is 30.3 Å². The summed E-state index contributed by atoms with van der Waals surface area (Å²) in [4.78, 5) is 0. The van der Waals surface area contributed by atoms with Gasteiger partial charge in [-0.25, -0.2) is 0 Å². The summed E-state index contributed by atoms with van der Waals surface area (Å²) in [5, 5.41) is 18.9. The summed E-state index contributed by atoms with van der Waals surface area (Å²) in [7, 11) is 1.56. The first-order valence-electron chi connectivity index (χ1n) is 4.62. The molecular formula is C11H16O3. The van der Waals surface area contributed by atoms with Crippen molar-refractivity contribution in [2.75, 3.05) is 20.3 Å². The first-order valence-corrected chi connectivity index (χ1v) is 4.62. The number of ether oxygens (including phenoxy) is 1. The Hall–Kier alpha value is -0.900. The summed E-state index contributed by atoms with van der Waals surface area (Å²) in [5.41, 5.74) is 0.809. The third kappa shape index (κ3) is 2.80. The molecule has 0 saturated carbocycles. The number of rotatable bonds is 5. The Bertz CT molecular complexity index is 248. The van der Waals surface area contributed by atoms with Crippen LogP contribution in [0.4, 0.5) is 0 Å². The number of hydrogen-bond acceptors (Lipinski definition) is 3. The molecule has 0 aliphatic heterocycles. The third-order valence-electron chi connectivity index (χ3n) is 2.20. The fourth-order valence-corrected chi connectivity index (χ4v) is 1.38. The summed E-state index contributed by atoms with van der Waals surface area (Å²) >= 11 is 0. The number of hydrogen-bond donors (Lipinski definition) is 2. The van der Waals surface area contributed by atoms with Gasteiger partial charge < -0.3 is 14.9 Å². The van der Waals surface area contributed by atoms with Gasteiger partial charge in [-0.15, -0.1) is 0 Å². The molecule has 0 aliphatic carbocycles. The Kier molecular flexibility index (Phi) is 4.59. The van der Waals surface area contributed by atoms with Crippen LogP contribution in [-0.2, 0) is 4.74 Å². The highest BCUT2D eigenvalue weighted by Gasteiger charge is 2.19. The van der Waals surface area contributed by atoms with Crippen LogP contribution in [0, 0.1) is 5.92 Å². The quantitative estimate of drug-likeness (QED) is 0.738. The maximum Gasteiger partial charge on any atom is 0.0862 e. The van der Waals surface area contributed by atoms with E-state index in [4.69, 9.17) is 9.84 Å². The fraction of sp³-hybridized carbons (Fsp3) is 0.455. The van der Waals surface area contributed by atoms with Crippen LogP contribution in [0.3, 0.4) is 0 Å². The van der Waals surface area contributed by atoms with Gasteiger partial charge in [0.1, 0.15) is 0 Å². The molecule has 0 saturated heterocycles. The van der Waals surface area contributed by atoms with Gasteiger partial charge in [-0.1, -0.05) is 30.3 Å². The second-order valence-corrected chi connectivity index (χ2v) is 3.25. The molecule has 3 heteroatoms. The van der Waals surface area contributed by atoms with Gasteiger partial charge in [0.25, 0.3) is 0 Å². The van der Waals surface area contributed by atoms with Gasteiger partial charge in [0.05, 0.1) is 19.3 Å². The SMILES string of the molecule is COCC(CO)C(O)c1ccccc1. The lowest BCUT2D eigenvalue weighted by Gasteiger charge is -2.20. The first kappa shape index (κ1) is 11.2. The van der Waals surface area contributed by atoms with E-state index in [0.717, 1.165) is 5.56 Å². The summed E-state index contributed by atoms with van der Waals surface area (Å²) in [6.07, 6.45) is -0.666. The van der Waals surface area contributed by atoms with Gasteiger partial charge >= 0.3 is 0 Å². The van der Waals surface area contributed by atoms with Crippen LogP contribution in [0.1, 0.15) is 11.7 Å². The molecule has 0 heterocycles. The minimum Gasteiger partial charge on any atom is -0.396 e. The summed E-state index contributed by atoms with van der Waals surface area (Å²) in [5.74, 6) is -0.262. The lowest BCUT2D eigenvalue weighted by atomic mass is 9.97. The number of benzene rings is 1. The lowest BCUT2D eigenvalue weighted by Crippen LogP contribution is -2.21. The minimum atomic E-state index is -0.666. The van der Waals surface area contributed by atoms with Gasteiger partial charge in [0.2, 0.25) is 0 Å². The fourth-order valence-electron chi connectivity index (χ4n) is 1.38. The van der Waals surface area contributed by atoms with Crippen molar-refractivity contribution in [2.45, 2.75) is 6.10 Å². The van der Waals surface area contributed by atoms with Gasteiger partial charge in [-0.2, -0.15) is 0 Å². The molecule has 0 radical (unpaired) electrons. The molecule has 2 N–H and O–H groups in total. The van der Waals surface area contributed by atoms with Crippen molar-refractivity contribution in [1.82, 2.24) is 0 Å². The highest BCUT2D eigenvalue weighted by atomic mass is 16.5. The zero-order chi connectivity index (χ0) is 10.4. The van der Waals surface area contributed by atoms with Crippen molar-refractivity contribution in [1.29, 1.82) is 0 Å². The number of aliphatic hydroxyl groups excluding tert-OH is 2. The summed E-state index contributed by atoms with van der Waals surface area (Å²) in [6, 6.07) is 9.28. The van der Waals surface area contributed by atoms with E-state index in [1.54, 1.807) is 7.11 Å². The van der Waals surface area contributed by atoms with Crippen molar-refractivity contribution >= 4 is 0 Å². The maximum absolute atomic E-state index is 9.87. The van der Waals surface area contributed by atoms with Gasteiger partial charge in [-0.05, 0) is 5.56 Å². The highest BCUT2D eigenvalue weighted by molar-refractivity contribution is 5.17. The molecule has 1 rings (SSSR count). The van der Waals surface area contributed by atoms with E-state index in [2.05, 4.69) is 0 Å². The first-order chi connectivity index (χ1) is 6.79. The molecule has 1 aromatic rings. The van der Waals surface area contributed by atoms with Crippen LogP contribution in [0.2, 0.25) is 0 Å². The highest BCUT2D eigenvalue weighted by Crippen LogP contribution is 2.21. The van der Waals surface area contributed by atoms with Crippen LogP contribution in [0.25, 0.3) is 0 Å².